The fourth-order valence-electron chi connectivity index (χ4n) is 2.56. The van der Waals surface area contributed by atoms with Crippen molar-refractivity contribution >= 4 is 41.5 Å². The smallest absolute Gasteiger partial charge is 0.248 e. The van der Waals surface area contributed by atoms with E-state index in [1.807, 2.05) is 24.3 Å². The molecule has 1 fully saturated rings. The Kier molecular flexibility index (Phi) is 7.29. The molecule has 0 atom stereocenters. The van der Waals surface area contributed by atoms with Crippen LogP contribution in [0.5, 0.6) is 0 Å². The van der Waals surface area contributed by atoms with Crippen LogP contribution in [0.2, 0.25) is 5.02 Å². The van der Waals surface area contributed by atoms with Crippen LogP contribution in [0.4, 0.5) is 0 Å². The van der Waals surface area contributed by atoms with Gasteiger partial charge in [0.1, 0.15) is 6.54 Å². The van der Waals surface area contributed by atoms with Crippen molar-refractivity contribution < 1.29 is 4.52 Å². The second-order valence-corrected chi connectivity index (χ2v) is 5.82. The largest absolute Gasteiger partial charge is 0.357 e. The molecule has 0 unspecified atom stereocenters. The number of halogens is 2. The molecule has 0 aliphatic carbocycles. The van der Waals surface area contributed by atoms with Crippen LogP contribution in [0.25, 0.3) is 11.4 Å². The highest BCUT2D eigenvalue weighted by molar-refractivity contribution is 14.0. The summed E-state index contributed by atoms with van der Waals surface area (Å²) in [4.78, 5) is 11.3. The number of hydrogen-bond acceptors (Lipinski definition) is 4. The van der Waals surface area contributed by atoms with E-state index in [0.29, 0.717) is 23.3 Å². The molecular weight excluding hydrogens is 441 g/mol. The molecule has 2 aromatic rings. The van der Waals surface area contributed by atoms with E-state index in [2.05, 4.69) is 32.3 Å². The van der Waals surface area contributed by atoms with Crippen molar-refractivity contribution in [1.82, 2.24) is 20.4 Å². The predicted octanol–water partition coefficient (Wildman–Crippen LogP) is 3.57. The van der Waals surface area contributed by atoms with Gasteiger partial charge in [0, 0.05) is 30.2 Å². The summed E-state index contributed by atoms with van der Waals surface area (Å²) < 4.78 is 5.29. The molecule has 8 heteroatoms. The number of aliphatic imine (C=N–C) groups is 1. The topological polar surface area (TPSA) is 66.5 Å². The van der Waals surface area contributed by atoms with Crippen LogP contribution >= 0.6 is 35.6 Å². The Morgan fingerprint density at radius 3 is 2.88 bits per heavy atom. The summed E-state index contributed by atoms with van der Waals surface area (Å²) in [6, 6.07) is 7.39. The predicted molar refractivity (Wildman–Crippen MR) is 106 cm³/mol. The van der Waals surface area contributed by atoms with Gasteiger partial charge in [-0.3, -0.25) is 0 Å². The summed E-state index contributed by atoms with van der Waals surface area (Å²) in [5.41, 5.74) is 0.836. The molecule has 0 spiro atoms. The van der Waals surface area contributed by atoms with Gasteiger partial charge in [0.05, 0.1) is 0 Å². The summed E-state index contributed by atoms with van der Waals surface area (Å²) in [5.74, 6) is 1.94. The molecule has 1 N–H and O–H groups in total. The molecule has 0 amide bonds. The maximum atomic E-state index is 5.99. The molecule has 24 heavy (non-hydrogen) atoms. The summed E-state index contributed by atoms with van der Waals surface area (Å²) in [6.07, 6.45) is 2.42. The third kappa shape index (κ3) is 4.83. The van der Waals surface area contributed by atoms with Crippen molar-refractivity contribution in [2.75, 3.05) is 19.6 Å². The second kappa shape index (κ2) is 9.22. The number of benzene rings is 1. The van der Waals surface area contributed by atoms with Crippen LogP contribution in [-0.4, -0.2) is 40.6 Å². The van der Waals surface area contributed by atoms with Crippen molar-refractivity contribution in [3.05, 3.63) is 35.2 Å². The monoisotopic (exact) mass is 461 g/mol. The maximum Gasteiger partial charge on any atom is 0.248 e. The summed E-state index contributed by atoms with van der Waals surface area (Å²) in [5, 5.41) is 7.96. The van der Waals surface area contributed by atoms with Gasteiger partial charge in [-0.1, -0.05) is 28.9 Å². The van der Waals surface area contributed by atoms with Crippen LogP contribution < -0.4 is 5.32 Å². The van der Waals surface area contributed by atoms with E-state index >= 15 is 0 Å². The molecule has 0 radical (unpaired) electrons. The molecule has 3 rings (SSSR count). The second-order valence-electron chi connectivity index (χ2n) is 5.39. The zero-order valence-electron chi connectivity index (χ0n) is 13.5. The number of guanidine groups is 1. The number of nitrogens with zero attached hydrogens (tertiary/aromatic N) is 4. The Balaban J connectivity index is 0.00000208. The zero-order chi connectivity index (χ0) is 16.1. The molecular formula is C16H21ClIN5O. The minimum Gasteiger partial charge on any atom is -0.357 e. The van der Waals surface area contributed by atoms with E-state index in [-0.39, 0.29) is 24.0 Å². The van der Waals surface area contributed by atoms with Crippen LogP contribution in [0.1, 0.15) is 25.7 Å². The van der Waals surface area contributed by atoms with Crippen LogP contribution in [0.3, 0.4) is 0 Å². The average Bonchev–Trinajstić information content (AvgIpc) is 3.23. The van der Waals surface area contributed by atoms with E-state index in [0.717, 1.165) is 31.2 Å². The highest BCUT2D eigenvalue weighted by Crippen LogP contribution is 2.20. The Bertz CT molecular complexity index is 685. The lowest BCUT2D eigenvalue weighted by molar-refractivity contribution is 0.379. The van der Waals surface area contributed by atoms with Gasteiger partial charge in [-0.15, -0.1) is 24.0 Å². The van der Waals surface area contributed by atoms with E-state index in [4.69, 9.17) is 16.1 Å². The number of aromatic nitrogens is 2. The molecule has 0 saturated carbocycles. The summed E-state index contributed by atoms with van der Waals surface area (Å²) >= 11 is 5.99. The lowest BCUT2D eigenvalue weighted by Gasteiger charge is -2.20. The molecule has 1 saturated heterocycles. The molecule has 1 aromatic heterocycles. The lowest BCUT2D eigenvalue weighted by atomic mass is 10.2. The van der Waals surface area contributed by atoms with E-state index < -0.39 is 0 Å². The minimum absolute atomic E-state index is 0. The van der Waals surface area contributed by atoms with Gasteiger partial charge >= 0.3 is 0 Å². The first-order valence-electron chi connectivity index (χ1n) is 7.88. The number of rotatable bonds is 4. The van der Waals surface area contributed by atoms with Gasteiger partial charge in [-0.05, 0) is 31.9 Å². The van der Waals surface area contributed by atoms with Gasteiger partial charge in [0.15, 0.2) is 5.96 Å². The van der Waals surface area contributed by atoms with Crippen LogP contribution in [0, 0.1) is 0 Å². The zero-order valence-corrected chi connectivity index (χ0v) is 16.6. The van der Waals surface area contributed by atoms with Crippen LogP contribution in [-0.2, 0) is 6.54 Å². The average molecular weight is 462 g/mol. The maximum absolute atomic E-state index is 5.99. The Labute approximate surface area is 163 Å². The Hall–Kier alpha value is -1.35. The number of nitrogens with one attached hydrogen (secondary N) is 1. The minimum atomic E-state index is 0. The first-order chi connectivity index (χ1) is 11.3. The van der Waals surface area contributed by atoms with E-state index in [1.165, 1.54) is 12.8 Å². The van der Waals surface area contributed by atoms with Gasteiger partial charge < -0.3 is 14.7 Å². The van der Waals surface area contributed by atoms with Crippen LogP contribution in [0.15, 0.2) is 33.8 Å². The standard InChI is InChI=1S/C16H20ClN5O.HI/c1-2-18-16(22-8-3-4-9-22)19-11-14-20-15(21-23-14)12-6-5-7-13(17)10-12;/h5-7,10H,2-4,8-9,11H2,1H3,(H,18,19);1H. The fourth-order valence-corrected chi connectivity index (χ4v) is 2.75. The summed E-state index contributed by atoms with van der Waals surface area (Å²) in [7, 11) is 0. The highest BCUT2D eigenvalue weighted by Gasteiger charge is 2.16. The van der Waals surface area contributed by atoms with Gasteiger partial charge in [-0.2, -0.15) is 4.98 Å². The van der Waals surface area contributed by atoms with E-state index in [1.54, 1.807) is 0 Å². The van der Waals surface area contributed by atoms with Crippen molar-refractivity contribution in [2.24, 2.45) is 4.99 Å². The van der Waals surface area contributed by atoms with Crippen molar-refractivity contribution in [2.45, 2.75) is 26.3 Å². The van der Waals surface area contributed by atoms with Crippen molar-refractivity contribution in [1.29, 1.82) is 0 Å². The number of likely N-dealkylation sites (tertiary alicyclic amines) is 1. The molecule has 0 bridgehead atoms. The van der Waals surface area contributed by atoms with E-state index in [9.17, 15) is 0 Å². The van der Waals surface area contributed by atoms with Gasteiger partial charge in [0.2, 0.25) is 11.7 Å². The molecule has 2 heterocycles. The molecule has 1 aliphatic heterocycles. The molecule has 130 valence electrons. The summed E-state index contributed by atoms with van der Waals surface area (Å²) in [6.45, 7) is 5.36. The third-order valence-electron chi connectivity index (χ3n) is 3.66. The lowest BCUT2D eigenvalue weighted by Crippen LogP contribution is -2.39. The number of hydrogen-bond donors (Lipinski definition) is 1. The quantitative estimate of drug-likeness (QED) is 0.428. The first-order valence-corrected chi connectivity index (χ1v) is 8.26. The Morgan fingerprint density at radius 2 is 2.17 bits per heavy atom. The third-order valence-corrected chi connectivity index (χ3v) is 3.89. The Morgan fingerprint density at radius 1 is 1.38 bits per heavy atom. The highest BCUT2D eigenvalue weighted by atomic mass is 127. The first kappa shape index (κ1) is 19.0. The molecule has 1 aromatic carbocycles. The van der Waals surface area contributed by atoms with Crippen molar-refractivity contribution in [3.63, 3.8) is 0 Å². The fraction of sp³-hybridized carbons (Fsp3) is 0.438. The van der Waals surface area contributed by atoms with Gasteiger partial charge in [0.25, 0.3) is 0 Å². The van der Waals surface area contributed by atoms with Crippen molar-refractivity contribution in [3.8, 4) is 11.4 Å². The van der Waals surface area contributed by atoms with Gasteiger partial charge in [-0.25, -0.2) is 4.99 Å². The molecule has 1 aliphatic rings. The SMILES string of the molecule is CCNC(=NCc1nc(-c2cccc(Cl)c2)no1)N1CCCC1.I. The normalized spacial score (nSPS) is 14.6. The molecule has 6 nitrogen and oxygen atoms in total.